The Bertz CT molecular complexity index is 969. The molecule has 1 aromatic carbocycles. The van der Waals surface area contributed by atoms with Crippen molar-refractivity contribution in [2.75, 3.05) is 0 Å². The number of carbonyl (C=O) groups is 1. The van der Waals surface area contributed by atoms with Gasteiger partial charge in [-0.05, 0) is 23.6 Å². The Morgan fingerprint density at radius 2 is 2.05 bits per heavy atom. The zero-order valence-electron chi connectivity index (χ0n) is 11.2. The van der Waals surface area contributed by atoms with Crippen LogP contribution in [0.5, 0.6) is 0 Å². The van der Waals surface area contributed by atoms with Crippen LogP contribution in [0.4, 0.5) is 0 Å². The summed E-state index contributed by atoms with van der Waals surface area (Å²) in [6.45, 7) is 0. The highest BCUT2D eigenvalue weighted by atomic mass is 32.1. The van der Waals surface area contributed by atoms with Gasteiger partial charge in [0, 0.05) is 5.38 Å². The number of fused-ring (bicyclic) bond motifs is 1. The Morgan fingerprint density at radius 1 is 1.14 bits per heavy atom. The van der Waals surface area contributed by atoms with Crippen molar-refractivity contribution in [1.82, 2.24) is 15.0 Å². The molecule has 4 aromatic rings. The third kappa shape index (κ3) is 2.11. The lowest BCUT2D eigenvalue weighted by molar-refractivity contribution is 0.100. The van der Waals surface area contributed by atoms with E-state index in [4.69, 9.17) is 5.73 Å². The third-order valence-corrected chi connectivity index (χ3v) is 5.14. The molecule has 0 saturated carbocycles. The molecule has 4 rings (SSSR count). The Hall–Kier alpha value is -2.51. The molecule has 0 bridgehead atoms. The van der Waals surface area contributed by atoms with Crippen LogP contribution in [-0.4, -0.2) is 20.9 Å². The Labute approximate surface area is 133 Å². The van der Waals surface area contributed by atoms with E-state index in [9.17, 15) is 4.79 Å². The van der Waals surface area contributed by atoms with E-state index >= 15 is 0 Å². The minimum atomic E-state index is -0.485. The van der Waals surface area contributed by atoms with Crippen LogP contribution in [0.3, 0.4) is 0 Å². The number of thiazole rings is 1. The van der Waals surface area contributed by atoms with Crippen LogP contribution < -0.4 is 5.73 Å². The van der Waals surface area contributed by atoms with Crippen LogP contribution in [0, 0.1) is 0 Å². The monoisotopic (exact) mass is 326 g/mol. The van der Waals surface area contributed by atoms with Crippen molar-refractivity contribution in [3.05, 3.63) is 46.7 Å². The number of nitrogens with two attached hydrogens (primary N) is 1. The second kappa shape index (κ2) is 5.04. The predicted octanol–water partition coefficient (Wildman–Crippen LogP) is 3.51. The molecule has 3 N–H and O–H groups in total. The summed E-state index contributed by atoms with van der Waals surface area (Å²) in [6.07, 6.45) is 0. The average molecular weight is 326 g/mol. The number of aromatic amines is 1. The predicted molar refractivity (Wildman–Crippen MR) is 89.0 cm³/mol. The molecule has 0 atom stereocenters. The van der Waals surface area contributed by atoms with Gasteiger partial charge in [0.05, 0.1) is 16.0 Å². The lowest BCUT2D eigenvalue weighted by Gasteiger charge is -1.94. The maximum atomic E-state index is 11.5. The topological polar surface area (TPSA) is 84.7 Å². The van der Waals surface area contributed by atoms with Gasteiger partial charge >= 0.3 is 0 Å². The van der Waals surface area contributed by atoms with Crippen molar-refractivity contribution in [3.8, 4) is 21.4 Å². The molecule has 0 aliphatic heterocycles. The second-order valence-electron chi connectivity index (χ2n) is 4.67. The number of thiophene rings is 1. The van der Waals surface area contributed by atoms with Gasteiger partial charge in [0.2, 0.25) is 0 Å². The maximum absolute atomic E-state index is 11.5. The second-order valence-corrected chi connectivity index (χ2v) is 6.47. The number of aromatic nitrogens is 3. The fourth-order valence-corrected chi connectivity index (χ4v) is 3.87. The summed E-state index contributed by atoms with van der Waals surface area (Å²) in [5.74, 6) is 0.156. The Kier molecular flexibility index (Phi) is 3.02. The molecule has 3 aromatic heterocycles. The van der Waals surface area contributed by atoms with Crippen molar-refractivity contribution in [2.45, 2.75) is 0 Å². The minimum absolute atomic E-state index is 0.411. The van der Waals surface area contributed by atoms with E-state index in [0.29, 0.717) is 16.9 Å². The van der Waals surface area contributed by atoms with E-state index in [2.05, 4.69) is 15.0 Å². The number of nitrogens with one attached hydrogen (secondary N) is 1. The first kappa shape index (κ1) is 13.2. The van der Waals surface area contributed by atoms with E-state index in [-0.39, 0.29) is 0 Å². The maximum Gasteiger partial charge on any atom is 0.250 e. The summed E-state index contributed by atoms with van der Waals surface area (Å²) < 4.78 is 0. The Morgan fingerprint density at radius 3 is 2.82 bits per heavy atom. The molecule has 0 fully saturated rings. The molecule has 0 spiro atoms. The largest absolute Gasteiger partial charge is 0.366 e. The summed E-state index contributed by atoms with van der Waals surface area (Å²) >= 11 is 3.22. The number of imidazole rings is 1. The number of nitrogens with zero attached hydrogens (tertiary/aromatic N) is 2. The Balaban J connectivity index is 1.82. The van der Waals surface area contributed by atoms with Crippen LogP contribution >= 0.6 is 22.7 Å². The highest BCUT2D eigenvalue weighted by molar-refractivity contribution is 7.20. The molecule has 0 saturated heterocycles. The highest BCUT2D eigenvalue weighted by Crippen LogP contribution is 2.31. The van der Waals surface area contributed by atoms with E-state index in [1.807, 2.05) is 29.0 Å². The lowest BCUT2D eigenvalue weighted by Crippen LogP contribution is -2.11. The average Bonchev–Trinajstić information content (AvgIpc) is 3.24. The van der Waals surface area contributed by atoms with Gasteiger partial charge in [0.25, 0.3) is 5.91 Å². The van der Waals surface area contributed by atoms with Crippen LogP contribution in [0.1, 0.15) is 10.4 Å². The molecule has 22 heavy (non-hydrogen) atoms. The molecular weight excluding hydrogens is 316 g/mol. The molecule has 3 heterocycles. The number of hydrogen-bond donors (Lipinski definition) is 2. The van der Waals surface area contributed by atoms with Gasteiger partial charge in [-0.1, -0.05) is 12.1 Å². The SMILES string of the molecule is NC(=O)c1cccc2[nH]c(-c3csc(-c4cccs4)n3)nc12. The normalized spacial score (nSPS) is 11.1. The van der Waals surface area contributed by atoms with Crippen LogP contribution in [-0.2, 0) is 0 Å². The summed E-state index contributed by atoms with van der Waals surface area (Å²) in [4.78, 5) is 24.9. The summed E-state index contributed by atoms with van der Waals surface area (Å²) in [7, 11) is 0. The number of H-pyrrole nitrogens is 1. The molecule has 5 nitrogen and oxygen atoms in total. The summed E-state index contributed by atoms with van der Waals surface area (Å²) in [5, 5.41) is 4.94. The van der Waals surface area contributed by atoms with Crippen molar-refractivity contribution >= 4 is 39.6 Å². The van der Waals surface area contributed by atoms with Crippen LogP contribution in [0.15, 0.2) is 41.1 Å². The number of benzene rings is 1. The zero-order chi connectivity index (χ0) is 15.1. The number of rotatable bonds is 3. The smallest absolute Gasteiger partial charge is 0.250 e. The van der Waals surface area contributed by atoms with Gasteiger partial charge in [-0.2, -0.15) is 0 Å². The van der Waals surface area contributed by atoms with Gasteiger partial charge < -0.3 is 10.7 Å². The first-order valence-corrected chi connectivity index (χ1v) is 8.26. The number of primary amides is 1. The standard InChI is InChI=1S/C15H10N4OS2/c16-13(20)8-3-1-4-9-12(8)19-14(17-9)10-7-22-15(18-10)11-5-2-6-21-11/h1-7H,(H2,16,20)(H,17,19). The fraction of sp³-hybridized carbons (Fsp3) is 0. The molecular formula is C15H10N4OS2. The van der Waals surface area contributed by atoms with Crippen molar-refractivity contribution in [2.24, 2.45) is 5.73 Å². The van der Waals surface area contributed by atoms with E-state index in [0.717, 1.165) is 21.1 Å². The molecule has 0 aliphatic rings. The first-order valence-electron chi connectivity index (χ1n) is 6.50. The third-order valence-electron chi connectivity index (χ3n) is 3.26. The van der Waals surface area contributed by atoms with Crippen molar-refractivity contribution < 1.29 is 4.79 Å². The molecule has 0 radical (unpaired) electrons. The molecule has 0 aliphatic carbocycles. The fourth-order valence-electron chi connectivity index (χ4n) is 2.25. The van der Waals surface area contributed by atoms with Gasteiger partial charge in [-0.25, -0.2) is 9.97 Å². The quantitative estimate of drug-likeness (QED) is 0.604. The number of para-hydroxylation sites is 1. The first-order chi connectivity index (χ1) is 10.7. The van der Waals surface area contributed by atoms with E-state index in [1.54, 1.807) is 34.8 Å². The van der Waals surface area contributed by atoms with Crippen molar-refractivity contribution in [3.63, 3.8) is 0 Å². The minimum Gasteiger partial charge on any atom is -0.366 e. The molecule has 1 amide bonds. The molecule has 108 valence electrons. The molecule has 7 heteroatoms. The van der Waals surface area contributed by atoms with Gasteiger partial charge in [-0.15, -0.1) is 22.7 Å². The van der Waals surface area contributed by atoms with Crippen molar-refractivity contribution in [1.29, 1.82) is 0 Å². The number of amides is 1. The van der Waals surface area contributed by atoms with Crippen LogP contribution in [0.2, 0.25) is 0 Å². The zero-order valence-corrected chi connectivity index (χ0v) is 12.9. The van der Waals surface area contributed by atoms with Gasteiger partial charge in [0.15, 0.2) is 5.82 Å². The molecule has 0 unspecified atom stereocenters. The lowest BCUT2D eigenvalue weighted by atomic mass is 10.2. The number of hydrogen-bond acceptors (Lipinski definition) is 5. The summed E-state index contributed by atoms with van der Waals surface area (Å²) in [5.41, 5.74) is 7.92. The van der Waals surface area contributed by atoms with E-state index in [1.165, 1.54) is 0 Å². The van der Waals surface area contributed by atoms with Gasteiger partial charge in [0.1, 0.15) is 16.2 Å². The summed E-state index contributed by atoms with van der Waals surface area (Å²) in [6, 6.07) is 9.36. The van der Waals surface area contributed by atoms with E-state index < -0.39 is 5.91 Å². The van der Waals surface area contributed by atoms with Gasteiger partial charge in [-0.3, -0.25) is 4.79 Å². The highest BCUT2D eigenvalue weighted by Gasteiger charge is 2.14. The van der Waals surface area contributed by atoms with Crippen LogP contribution in [0.25, 0.3) is 32.4 Å². The number of carbonyl (C=O) groups excluding carboxylic acids is 1.